The van der Waals surface area contributed by atoms with E-state index in [2.05, 4.69) is 39.2 Å². The summed E-state index contributed by atoms with van der Waals surface area (Å²) < 4.78 is 0. The highest BCUT2D eigenvalue weighted by atomic mass is 15.3. The van der Waals surface area contributed by atoms with Crippen LogP contribution in [-0.4, -0.2) is 55.7 Å². The van der Waals surface area contributed by atoms with Crippen LogP contribution >= 0.6 is 0 Å². The third-order valence-electron chi connectivity index (χ3n) is 4.17. The average molecular weight is 290 g/mol. The lowest BCUT2D eigenvalue weighted by atomic mass is 10.2. The van der Waals surface area contributed by atoms with Crippen LogP contribution in [0.4, 0.5) is 5.82 Å². The van der Waals surface area contributed by atoms with Crippen molar-refractivity contribution in [1.29, 1.82) is 0 Å². The van der Waals surface area contributed by atoms with Crippen molar-refractivity contribution in [3.05, 3.63) is 24.4 Å². The topological polar surface area (TPSA) is 31.4 Å². The largest absolute Gasteiger partial charge is 0.354 e. The molecular weight excluding hydrogens is 260 g/mol. The molecule has 118 valence electrons. The molecule has 0 aromatic carbocycles. The minimum absolute atomic E-state index is 1.10. The summed E-state index contributed by atoms with van der Waals surface area (Å²) in [7, 11) is 0. The number of anilines is 1. The van der Waals surface area contributed by atoms with Crippen molar-refractivity contribution in [2.24, 2.45) is 0 Å². The van der Waals surface area contributed by atoms with Crippen molar-refractivity contribution in [3.63, 3.8) is 0 Å². The molecule has 0 aliphatic carbocycles. The van der Waals surface area contributed by atoms with E-state index in [1.165, 1.54) is 51.9 Å². The van der Waals surface area contributed by atoms with Gasteiger partial charge in [-0.2, -0.15) is 0 Å². The van der Waals surface area contributed by atoms with Gasteiger partial charge in [0.15, 0.2) is 0 Å². The minimum Gasteiger partial charge on any atom is -0.354 e. The second kappa shape index (κ2) is 9.74. The van der Waals surface area contributed by atoms with Crippen LogP contribution < -0.4 is 10.2 Å². The Morgan fingerprint density at radius 3 is 2.57 bits per heavy atom. The summed E-state index contributed by atoms with van der Waals surface area (Å²) in [5.41, 5.74) is 0. The molecule has 0 bridgehead atoms. The Labute approximate surface area is 129 Å². The van der Waals surface area contributed by atoms with Gasteiger partial charge in [-0.05, 0) is 44.6 Å². The molecule has 0 amide bonds. The number of nitrogens with zero attached hydrogens (tertiary/aromatic N) is 3. The van der Waals surface area contributed by atoms with E-state index in [9.17, 15) is 0 Å². The summed E-state index contributed by atoms with van der Waals surface area (Å²) in [6, 6.07) is 6.16. The summed E-state index contributed by atoms with van der Waals surface area (Å²) in [4.78, 5) is 9.44. The van der Waals surface area contributed by atoms with Gasteiger partial charge < -0.3 is 10.2 Å². The normalized spacial score (nSPS) is 16.3. The van der Waals surface area contributed by atoms with Crippen LogP contribution in [0.3, 0.4) is 0 Å². The lowest BCUT2D eigenvalue weighted by Gasteiger charge is -2.35. The number of pyridine rings is 1. The molecule has 4 nitrogen and oxygen atoms in total. The van der Waals surface area contributed by atoms with Gasteiger partial charge in [0.05, 0.1) is 0 Å². The molecule has 1 aromatic rings. The first-order chi connectivity index (χ1) is 10.4. The molecule has 4 heteroatoms. The van der Waals surface area contributed by atoms with E-state index in [0.717, 1.165) is 25.5 Å². The predicted octanol–water partition coefficient (Wildman–Crippen LogP) is 2.37. The van der Waals surface area contributed by atoms with Crippen molar-refractivity contribution >= 4 is 5.82 Å². The molecule has 2 heterocycles. The van der Waals surface area contributed by atoms with E-state index < -0.39 is 0 Å². The van der Waals surface area contributed by atoms with Gasteiger partial charge in [0, 0.05) is 32.4 Å². The first kappa shape index (κ1) is 16.2. The lowest BCUT2D eigenvalue weighted by Crippen LogP contribution is -2.46. The standard InChI is InChI=1S/C17H30N4/c1-2-18-10-6-3-4-8-12-20-13-15-21(16-14-20)17-9-5-7-11-19-17/h5,7,9,11,18H,2-4,6,8,10,12-16H2,1H3. The number of nitrogens with one attached hydrogen (secondary N) is 1. The minimum atomic E-state index is 1.10. The van der Waals surface area contributed by atoms with Crippen molar-refractivity contribution in [3.8, 4) is 0 Å². The van der Waals surface area contributed by atoms with Crippen molar-refractivity contribution < 1.29 is 0 Å². The number of rotatable bonds is 9. The molecule has 21 heavy (non-hydrogen) atoms. The van der Waals surface area contributed by atoms with Crippen LogP contribution in [0, 0.1) is 0 Å². The highest BCUT2D eigenvalue weighted by Gasteiger charge is 2.16. The van der Waals surface area contributed by atoms with E-state index in [4.69, 9.17) is 0 Å². The summed E-state index contributed by atoms with van der Waals surface area (Å²) >= 11 is 0. The summed E-state index contributed by atoms with van der Waals surface area (Å²) in [6.07, 6.45) is 7.28. The Morgan fingerprint density at radius 2 is 1.86 bits per heavy atom. The maximum Gasteiger partial charge on any atom is 0.128 e. The van der Waals surface area contributed by atoms with E-state index in [0.29, 0.717) is 0 Å². The maximum atomic E-state index is 4.44. The molecule has 0 saturated carbocycles. The SMILES string of the molecule is CCNCCCCCCN1CCN(c2ccccn2)CC1. The summed E-state index contributed by atoms with van der Waals surface area (Å²) in [6.45, 7) is 10.3. The first-order valence-corrected chi connectivity index (χ1v) is 8.49. The molecule has 1 aliphatic rings. The van der Waals surface area contributed by atoms with Gasteiger partial charge in [0.25, 0.3) is 0 Å². The van der Waals surface area contributed by atoms with Crippen LogP contribution in [0.1, 0.15) is 32.6 Å². The Bertz CT molecular complexity index is 360. The van der Waals surface area contributed by atoms with Gasteiger partial charge in [0.1, 0.15) is 5.82 Å². The van der Waals surface area contributed by atoms with Gasteiger partial charge in [0.2, 0.25) is 0 Å². The molecule has 0 spiro atoms. The predicted molar refractivity (Wildman–Crippen MR) is 89.9 cm³/mol. The van der Waals surface area contributed by atoms with Crippen LogP contribution in [0.15, 0.2) is 24.4 Å². The highest BCUT2D eigenvalue weighted by Crippen LogP contribution is 2.13. The Hall–Kier alpha value is -1.13. The maximum absolute atomic E-state index is 4.44. The molecule has 0 atom stereocenters. The van der Waals surface area contributed by atoms with E-state index in [-0.39, 0.29) is 0 Å². The smallest absolute Gasteiger partial charge is 0.128 e. The van der Waals surface area contributed by atoms with Gasteiger partial charge in [-0.3, -0.25) is 4.90 Å². The highest BCUT2D eigenvalue weighted by molar-refractivity contribution is 5.38. The van der Waals surface area contributed by atoms with E-state index in [1.54, 1.807) is 0 Å². The third-order valence-corrected chi connectivity index (χ3v) is 4.17. The molecule has 0 radical (unpaired) electrons. The zero-order valence-electron chi connectivity index (χ0n) is 13.4. The Balaban J connectivity index is 1.53. The van der Waals surface area contributed by atoms with Crippen molar-refractivity contribution in [2.45, 2.75) is 32.6 Å². The zero-order valence-corrected chi connectivity index (χ0v) is 13.4. The number of piperazine rings is 1. The second-order valence-corrected chi connectivity index (χ2v) is 5.78. The first-order valence-electron chi connectivity index (χ1n) is 8.49. The van der Waals surface area contributed by atoms with Crippen molar-refractivity contribution in [2.75, 3.05) is 50.7 Å². The van der Waals surface area contributed by atoms with Gasteiger partial charge in [-0.1, -0.05) is 25.8 Å². The van der Waals surface area contributed by atoms with Gasteiger partial charge in [-0.15, -0.1) is 0 Å². The fourth-order valence-corrected chi connectivity index (χ4v) is 2.86. The lowest BCUT2D eigenvalue weighted by molar-refractivity contribution is 0.251. The number of hydrogen-bond donors (Lipinski definition) is 1. The third kappa shape index (κ3) is 6.02. The van der Waals surface area contributed by atoms with Gasteiger partial charge >= 0.3 is 0 Å². The second-order valence-electron chi connectivity index (χ2n) is 5.78. The van der Waals surface area contributed by atoms with Crippen LogP contribution in [-0.2, 0) is 0 Å². The molecule has 0 unspecified atom stereocenters. The Kier molecular flexibility index (Phi) is 7.54. The number of hydrogen-bond acceptors (Lipinski definition) is 4. The monoisotopic (exact) mass is 290 g/mol. The fourth-order valence-electron chi connectivity index (χ4n) is 2.86. The number of aromatic nitrogens is 1. The summed E-state index contributed by atoms with van der Waals surface area (Å²) in [5, 5.41) is 3.39. The fraction of sp³-hybridized carbons (Fsp3) is 0.706. The quantitative estimate of drug-likeness (QED) is 0.708. The average Bonchev–Trinajstić information content (AvgIpc) is 2.55. The Morgan fingerprint density at radius 1 is 1.05 bits per heavy atom. The molecule has 1 aromatic heterocycles. The van der Waals surface area contributed by atoms with E-state index >= 15 is 0 Å². The molecule has 1 saturated heterocycles. The zero-order chi connectivity index (χ0) is 14.8. The molecular formula is C17H30N4. The molecule has 1 aliphatic heterocycles. The van der Waals surface area contributed by atoms with Gasteiger partial charge in [-0.25, -0.2) is 4.98 Å². The van der Waals surface area contributed by atoms with E-state index in [1.807, 2.05) is 12.3 Å². The molecule has 2 rings (SSSR count). The van der Waals surface area contributed by atoms with Crippen LogP contribution in [0.25, 0.3) is 0 Å². The van der Waals surface area contributed by atoms with Crippen LogP contribution in [0.2, 0.25) is 0 Å². The molecule has 1 fully saturated rings. The van der Waals surface area contributed by atoms with Crippen LogP contribution in [0.5, 0.6) is 0 Å². The number of unbranched alkanes of at least 4 members (excludes halogenated alkanes) is 3. The van der Waals surface area contributed by atoms with Crippen molar-refractivity contribution in [1.82, 2.24) is 15.2 Å². The molecule has 1 N–H and O–H groups in total. The summed E-state index contributed by atoms with van der Waals surface area (Å²) in [5.74, 6) is 1.13.